The van der Waals surface area contributed by atoms with Crippen molar-refractivity contribution < 1.29 is 24.2 Å². The number of aromatic amines is 2. The molecule has 0 unspecified atom stereocenters. The van der Waals surface area contributed by atoms with E-state index in [1.54, 1.807) is 6.07 Å². The predicted molar refractivity (Wildman–Crippen MR) is 62.0 cm³/mol. The first kappa shape index (κ1) is 11.3. The number of ketones is 2. The average molecular weight is 257 g/mol. The monoisotopic (exact) mass is 257 g/mol. The fraction of sp³-hybridized carbons (Fsp3) is 0.0769. The standard InChI is InChI=1S/C13H8N2O4/c1-6(16)19-9-4-2-3-7-10(9)12(17)8-5-14-15-11(8)13(7)18/h2-5H,1H3,(H,14,15)/p+1. The van der Waals surface area contributed by atoms with E-state index >= 15 is 0 Å². The molecule has 0 radical (unpaired) electrons. The number of aromatic nitrogens is 2. The molecule has 19 heavy (non-hydrogen) atoms. The molecule has 1 aliphatic carbocycles. The molecule has 0 atom stereocenters. The Bertz CT molecular complexity index is 730. The molecule has 6 heteroatoms. The van der Waals surface area contributed by atoms with Gasteiger partial charge in [0.1, 0.15) is 11.3 Å². The molecule has 0 fully saturated rings. The van der Waals surface area contributed by atoms with E-state index in [-0.39, 0.29) is 39.7 Å². The lowest BCUT2D eigenvalue weighted by Gasteiger charge is -2.15. The lowest BCUT2D eigenvalue weighted by Crippen LogP contribution is -2.21. The Kier molecular flexibility index (Phi) is 2.31. The third kappa shape index (κ3) is 1.57. The number of benzene rings is 1. The number of carbonyl (C=O) groups excluding carboxylic acids is 3. The number of carbonyl (C=O) groups is 3. The van der Waals surface area contributed by atoms with Gasteiger partial charge in [-0.3, -0.25) is 14.4 Å². The van der Waals surface area contributed by atoms with Gasteiger partial charge in [-0.25, -0.2) is 0 Å². The molecule has 1 aliphatic rings. The van der Waals surface area contributed by atoms with Crippen LogP contribution in [0.1, 0.15) is 38.9 Å². The number of rotatable bonds is 1. The van der Waals surface area contributed by atoms with Crippen LogP contribution in [0.4, 0.5) is 0 Å². The van der Waals surface area contributed by atoms with Crippen LogP contribution in [-0.4, -0.2) is 22.6 Å². The highest BCUT2D eigenvalue weighted by Crippen LogP contribution is 2.31. The third-order valence-corrected chi connectivity index (χ3v) is 2.91. The Morgan fingerprint density at radius 3 is 2.74 bits per heavy atom. The maximum Gasteiger partial charge on any atom is 0.308 e. The summed E-state index contributed by atoms with van der Waals surface area (Å²) < 4.78 is 4.99. The van der Waals surface area contributed by atoms with Crippen LogP contribution in [-0.2, 0) is 4.79 Å². The highest BCUT2D eigenvalue weighted by molar-refractivity contribution is 6.28. The van der Waals surface area contributed by atoms with Crippen LogP contribution in [0.15, 0.2) is 24.4 Å². The second kappa shape index (κ2) is 3.88. The molecule has 0 bridgehead atoms. The molecule has 2 N–H and O–H groups in total. The Morgan fingerprint density at radius 2 is 2.00 bits per heavy atom. The van der Waals surface area contributed by atoms with E-state index in [1.165, 1.54) is 25.3 Å². The number of ether oxygens (including phenoxy) is 1. The summed E-state index contributed by atoms with van der Waals surface area (Å²) in [5.74, 6) is -1.09. The van der Waals surface area contributed by atoms with Gasteiger partial charge in [0.2, 0.25) is 17.8 Å². The Labute approximate surface area is 107 Å². The Morgan fingerprint density at radius 1 is 1.21 bits per heavy atom. The predicted octanol–water partition coefficient (Wildman–Crippen LogP) is 0.530. The molecule has 1 aromatic heterocycles. The molecule has 0 spiro atoms. The average Bonchev–Trinajstić information content (AvgIpc) is 2.84. The minimum Gasteiger partial charge on any atom is -0.426 e. The van der Waals surface area contributed by atoms with Crippen LogP contribution in [0, 0.1) is 0 Å². The van der Waals surface area contributed by atoms with Crippen molar-refractivity contribution >= 4 is 17.5 Å². The summed E-state index contributed by atoms with van der Waals surface area (Å²) in [5.41, 5.74) is 0.824. The summed E-state index contributed by atoms with van der Waals surface area (Å²) in [5, 5.41) is 5.26. The van der Waals surface area contributed by atoms with E-state index in [9.17, 15) is 14.4 Å². The van der Waals surface area contributed by atoms with Gasteiger partial charge in [-0.15, -0.1) is 5.10 Å². The van der Waals surface area contributed by atoms with Crippen LogP contribution in [0.3, 0.4) is 0 Å². The van der Waals surface area contributed by atoms with Gasteiger partial charge in [-0.1, -0.05) is 6.07 Å². The molecule has 0 saturated carbocycles. The molecule has 0 saturated heterocycles. The van der Waals surface area contributed by atoms with Gasteiger partial charge in [-0.2, -0.15) is 5.10 Å². The summed E-state index contributed by atoms with van der Waals surface area (Å²) in [7, 11) is 0. The van der Waals surface area contributed by atoms with Crippen molar-refractivity contribution in [2.75, 3.05) is 0 Å². The first-order valence-corrected chi connectivity index (χ1v) is 5.59. The minimum atomic E-state index is -0.542. The van der Waals surface area contributed by atoms with Gasteiger partial charge in [-0.05, 0) is 12.1 Å². The molecule has 94 valence electrons. The molecule has 1 heterocycles. The number of esters is 1. The topological polar surface area (TPSA) is 90.4 Å². The SMILES string of the molecule is CC(=O)Oc1cccc2c1C(=O)c1c[nH+][nH]c1C2=O. The summed E-state index contributed by atoms with van der Waals surface area (Å²) in [4.78, 5) is 35.6. The van der Waals surface area contributed by atoms with Crippen LogP contribution >= 0.6 is 0 Å². The largest absolute Gasteiger partial charge is 0.426 e. The maximum atomic E-state index is 12.3. The van der Waals surface area contributed by atoms with Gasteiger partial charge >= 0.3 is 5.97 Å². The van der Waals surface area contributed by atoms with Crippen LogP contribution in [0.25, 0.3) is 0 Å². The molecule has 3 rings (SSSR count). The van der Waals surface area contributed by atoms with E-state index < -0.39 is 5.97 Å². The molecule has 6 nitrogen and oxygen atoms in total. The molecule has 0 amide bonds. The molecular weight excluding hydrogens is 248 g/mol. The van der Waals surface area contributed by atoms with Crippen LogP contribution in [0.2, 0.25) is 0 Å². The van der Waals surface area contributed by atoms with Crippen molar-refractivity contribution in [1.29, 1.82) is 0 Å². The van der Waals surface area contributed by atoms with E-state index in [1.807, 2.05) is 0 Å². The smallest absolute Gasteiger partial charge is 0.308 e. The number of nitrogens with one attached hydrogen (secondary N) is 2. The van der Waals surface area contributed by atoms with Gasteiger partial charge in [0.25, 0.3) is 0 Å². The van der Waals surface area contributed by atoms with Crippen molar-refractivity contribution in [3.63, 3.8) is 0 Å². The number of hydrogen-bond acceptors (Lipinski definition) is 4. The van der Waals surface area contributed by atoms with Crippen molar-refractivity contribution in [3.05, 3.63) is 46.8 Å². The first-order valence-electron chi connectivity index (χ1n) is 5.59. The third-order valence-electron chi connectivity index (χ3n) is 2.91. The van der Waals surface area contributed by atoms with E-state index in [2.05, 4.69) is 10.2 Å². The summed E-state index contributed by atoms with van der Waals surface area (Å²) in [6.07, 6.45) is 1.42. The zero-order chi connectivity index (χ0) is 13.6. The van der Waals surface area contributed by atoms with Gasteiger partial charge in [0.15, 0.2) is 5.69 Å². The lowest BCUT2D eigenvalue weighted by molar-refractivity contribution is -0.449. The zero-order valence-corrected chi connectivity index (χ0v) is 9.94. The van der Waals surface area contributed by atoms with Crippen molar-refractivity contribution in [1.82, 2.24) is 5.10 Å². The highest BCUT2D eigenvalue weighted by atomic mass is 16.5. The zero-order valence-electron chi connectivity index (χ0n) is 9.94. The fourth-order valence-electron chi connectivity index (χ4n) is 2.14. The molecule has 2 aromatic rings. The fourth-order valence-corrected chi connectivity index (χ4v) is 2.14. The number of hydrogen-bond donors (Lipinski definition) is 1. The van der Waals surface area contributed by atoms with E-state index in [0.717, 1.165) is 0 Å². The lowest BCUT2D eigenvalue weighted by atomic mass is 9.88. The maximum absolute atomic E-state index is 12.3. The molecule has 1 aromatic carbocycles. The van der Waals surface area contributed by atoms with E-state index in [0.29, 0.717) is 0 Å². The molecular formula is C13H9N2O4+. The number of fused-ring (bicyclic) bond motifs is 2. The van der Waals surface area contributed by atoms with Crippen LogP contribution < -0.4 is 9.84 Å². The normalized spacial score (nSPS) is 12.9. The molecule has 0 aliphatic heterocycles. The first-order chi connectivity index (χ1) is 9.09. The van der Waals surface area contributed by atoms with E-state index in [4.69, 9.17) is 4.74 Å². The quantitative estimate of drug-likeness (QED) is 0.508. The van der Waals surface area contributed by atoms with Crippen molar-refractivity contribution in [3.8, 4) is 5.75 Å². The summed E-state index contributed by atoms with van der Waals surface area (Å²) in [6, 6.07) is 4.60. The number of H-pyrrole nitrogens is 2. The van der Waals surface area contributed by atoms with Gasteiger partial charge < -0.3 is 4.74 Å². The summed E-state index contributed by atoms with van der Waals surface area (Å²) in [6.45, 7) is 1.24. The Balaban J connectivity index is 2.24. The minimum absolute atomic E-state index is 0.107. The van der Waals surface area contributed by atoms with Gasteiger partial charge in [0, 0.05) is 12.5 Å². The van der Waals surface area contributed by atoms with Gasteiger partial charge in [0.05, 0.1) is 5.56 Å². The second-order valence-corrected chi connectivity index (χ2v) is 4.13. The Hall–Kier alpha value is -2.76. The van der Waals surface area contributed by atoms with Crippen molar-refractivity contribution in [2.45, 2.75) is 6.92 Å². The van der Waals surface area contributed by atoms with Crippen LogP contribution in [0.5, 0.6) is 5.75 Å². The highest BCUT2D eigenvalue weighted by Gasteiger charge is 2.36. The second-order valence-electron chi connectivity index (χ2n) is 4.13. The summed E-state index contributed by atoms with van der Waals surface area (Å²) >= 11 is 0. The van der Waals surface area contributed by atoms with Crippen molar-refractivity contribution in [2.24, 2.45) is 0 Å².